The molecule has 0 spiro atoms. The summed E-state index contributed by atoms with van der Waals surface area (Å²) in [7, 11) is 1.80. The van der Waals surface area contributed by atoms with Crippen LogP contribution in [0.3, 0.4) is 0 Å². The van der Waals surface area contributed by atoms with Crippen LogP contribution in [0.15, 0.2) is 0 Å². The molecule has 2 N–H and O–H groups in total. The van der Waals surface area contributed by atoms with E-state index >= 15 is 0 Å². The maximum absolute atomic E-state index is 13.9. The Labute approximate surface area is 256 Å². The van der Waals surface area contributed by atoms with Gasteiger partial charge in [0.1, 0.15) is 6.54 Å². The molecule has 0 fully saturated rings. The van der Waals surface area contributed by atoms with Gasteiger partial charge in [-0.05, 0) is 0 Å². The molecule has 0 aromatic rings. The number of amides is 1. The van der Waals surface area contributed by atoms with Gasteiger partial charge < -0.3 is 5.32 Å². The molecule has 0 aromatic heterocycles. The fourth-order valence-corrected chi connectivity index (χ4v) is 3.07. The molecule has 0 saturated heterocycles. The quantitative estimate of drug-likeness (QED) is 0.0716. The first-order chi connectivity index (χ1) is 21.1. The second-order valence-electron chi connectivity index (χ2n) is 10.3. The highest BCUT2D eigenvalue weighted by Crippen LogP contribution is 2.68. The summed E-state index contributed by atoms with van der Waals surface area (Å²) in [4.78, 5) is 11.3. The number of quaternary nitrogens is 1. The predicted octanol–water partition coefficient (Wildman–Crippen LogP) is 8.14. The van der Waals surface area contributed by atoms with Crippen LogP contribution in [0.1, 0.15) is 6.42 Å². The lowest BCUT2D eigenvalue weighted by Crippen LogP contribution is -2.79. The normalized spacial score (nSPS) is 16.5. The molecule has 300 valence electrons. The number of halogens is 27. The summed E-state index contributed by atoms with van der Waals surface area (Å²) in [5, 5.41) is 9.80. The summed E-state index contributed by atoms with van der Waals surface area (Å²) < 4.78 is 363. The van der Waals surface area contributed by atoms with Crippen LogP contribution < -0.4 is 5.32 Å². The van der Waals surface area contributed by atoms with Gasteiger partial charge in [0.2, 0.25) is 0 Å². The van der Waals surface area contributed by atoms with E-state index in [9.17, 15) is 129 Å². The van der Waals surface area contributed by atoms with Gasteiger partial charge in [0, 0.05) is 13.0 Å². The summed E-state index contributed by atoms with van der Waals surface area (Å²) in [6.07, 6.45) is -9.08. The number of alkyl halides is 27. The Bertz CT molecular complexity index is 1230. The molecule has 0 aliphatic heterocycles. The van der Waals surface area contributed by atoms with E-state index in [1.165, 1.54) is 0 Å². The molecular formula is C19H14F27N2O2+. The van der Waals surface area contributed by atoms with Gasteiger partial charge in [0.25, 0.3) is 5.91 Å². The second-order valence-corrected chi connectivity index (χ2v) is 10.3. The summed E-state index contributed by atoms with van der Waals surface area (Å²) in [5.41, 5.74) is 0. The first-order valence-electron chi connectivity index (χ1n) is 11.6. The van der Waals surface area contributed by atoms with E-state index in [0.29, 0.717) is 5.32 Å². The van der Waals surface area contributed by atoms with E-state index in [2.05, 4.69) is 0 Å². The van der Waals surface area contributed by atoms with Crippen LogP contribution in [0.4, 0.5) is 119 Å². The highest BCUT2D eigenvalue weighted by molar-refractivity contribution is 5.84. The molecule has 0 saturated carbocycles. The van der Waals surface area contributed by atoms with Crippen molar-refractivity contribution < 1.29 is 133 Å². The molecule has 0 atom stereocenters. The summed E-state index contributed by atoms with van der Waals surface area (Å²) in [6, 6.07) is 0. The third kappa shape index (κ3) is 6.31. The first-order valence-corrected chi connectivity index (χ1v) is 11.6. The number of hydrogen-bond acceptors (Lipinski definition) is 2. The lowest BCUT2D eigenvalue weighted by Gasteiger charge is -2.46. The molecule has 0 bridgehead atoms. The lowest BCUT2D eigenvalue weighted by atomic mass is 9.84. The summed E-state index contributed by atoms with van der Waals surface area (Å²) in [6.45, 7) is -2.08. The minimum Gasteiger partial charge on any atom is -0.350 e. The van der Waals surface area contributed by atoms with Gasteiger partial charge in [-0.2, -0.15) is 123 Å². The first kappa shape index (κ1) is 47.5. The Morgan fingerprint density at radius 1 is 0.440 bits per heavy atom. The molecule has 1 amide bonds. The zero-order valence-electron chi connectivity index (χ0n) is 23.1. The zero-order valence-corrected chi connectivity index (χ0v) is 23.1. The Hall–Kier alpha value is -2.50. The minimum atomic E-state index is -9.85. The van der Waals surface area contributed by atoms with Crippen LogP contribution in [0.2, 0.25) is 0 Å². The van der Waals surface area contributed by atoms with Gasteiger partial charge in [0.15, 0.2) is 0 Å². The number of rotatable bonds is 16. The van der Waals surface area contributed by atoms with Crippen molar-refractivity contribution in [2.24, 2.45) is 0 Å². The standard InChI is InChI=1S/C19H13F27N2O2/c1-48(2,50)5-3-4-47-6(49)7(20,21)8(22,23)9(24,25)10(26,27)11(28,29)12(30,31)13(32,33)14(34,35)15(36,37)16(38,39)17(40,41)18(42,43)19(44,45)46/h50H,3-5H2,1-2H3/p+1. The van der Waals surface area contributed by atoms with Crippen molar-refractivity contribution in [3.05, 3.63) is 0 Å². The molecule has 0 unspecified atom stereocenters. The average molecular weight is 815 g/mol. The molecule has 0 aliphatic rings. The van der Waals surface area contributed by atoms with E-state index < -0.39 is 107 Å². The van der Waals surface area contributed by atoms with E-state index in [-0.39, 0.29) is 0 Å². The fourth-order valence-electron chi connectivity index (χ4n) is 3.07. The molecule has 0 radical (unpaired) electrons. The van der Waals surface area contributed by atoms with Crippen LogP contribution in [0.25, 0.3) is 0 Å². The Morgan fingerprint density at radius 3 is 0.880 bits per heavy atom. The third-order valence-electron chi connectivity index (χ3n) is 6.15. The molecule has 0 aromatic carbocycles. The molecule has 50 heavy (non-hydrogen) atoms. The summed E-state index contributed by atoms with van der Waals surface area (Å²) in [5.74, 6) is -115. The maximum atomic E-state index is 13.9. The molecule has 0 aliphatic carbocycles. The maximum Gasteiger partial charge on any atom is 0.460 e. The Kier molecular flexibility index (Phi) is 11.7. The van der Waals surface area contributed by atoms with Gasteiger partial charge in [0.05, 0.1) is 14.1 Å². The molecule has 31 heteroatoms. The molecule has 4 nitrogen and oxygen atoms in total. The number of nitrogens with zero attached hydrogens (tertiary/aromatic N) is 1. The van der Waals surface area contributed by atoms with Crippen molar-refractivity contribution in [1.29, 1.82) is 0 Å². The Balaban J connectivity index is 7.20. The Morgan fingerprint density at radius 2 is 0.660 bits per heavy atom. The van der Waals surface area contributed by atoms with Crippen LogP contribution in [-0.2, 0) is 4.79 Å². The lowest BCUT2D eigenvalue weighted by molar-refractivity contribution is -1.07. The summed E-state index contributed by atoms with van der Waals surface area (Å²) >= 11 is 0. The highest BCUT2D eigenvalue weighted by atomic mass is 19.4. The van der Waals surface area contributed by atoms with Crippen molar-refractivity contribution in [1.82, 2.24) is 5.32 Å². The smallest absolute Gasteiger partial charge is 0.350 e. The van der Waals surface area contributed by atoms with Crippen molar-refractivity contribution >= 4 is 5.91 Å². The van der Waals surface area contributed by atoms with Gasteiger partial charge in [-0.15, -0.1) is 0 Å². The number of hydrogen-bond donors (Lipinski definition) is 2. The zero-order chi connectivity index (χ0) is 41.4. The highest BCUT2D eigenvalue weighted by Gasteiger charge is 3.00. The number of carbonyl (C=O) groups excluding carboxylic acids is 1. The number of hydroxylamine groups is 3. The molecular weight excluding hydrogens is 801 g/mol. The monoisotopic (exact) mass is 815 g/mol. The third-order valence-corrected chi connectivity index (χ3v) is 6.15. The number of nitrogens with one attached hydrogen (secondary N) is 1. The van der Waals surface area contributed by atoms with E-state index in [4.69, 9.17) is 0 Å². The van der Waals surface area contributed by atoms with Crippen LogP contribution in [0.5, 0.6) is 0 Å². The van der Waals surface area contributed by atoms with Crippen LogP contribution >= 0.6 is 0 Å². The van der Waals surface area contributed by atoms with Crippen molar-refractivity contribution in [3.8, 4) is 0 Å². The van der Waals surface area contributed by atoms with Crippen LogP contribution in [-0.4, -0.2) is 120 Å². The van der Waals surface area contributed by atoms with E-state index in [1.54, 1.807) is 0 Å². The van der Waals surface area contributed by atoms with Gasteiger partial charge in [-0.3, -0.25) is 4.79 Å². The average Bonchev–Trinajstić information content (AvgIpc) is 2.88. The fraction of sp³-hybridized carbons (Fsp3) is 0.947. The van der Waals surface area contributed by atoms with Crippen molar-refractivity contribution in [2.75, 3.05) is 27.2 Å². The van der Waals surface area contributed by atoms with Crippen molar-refractivity contribution in [2.45, 2.75) is 83.7 Å². The van der Waals surface area contributed by atoms with E-state index in [1.807, 2.05) is 0 Å². The molecule has 0 heterocycles. The topological polar surface area (TPSA) is 49.3 Å². The SMILES string of the molecule is C[N+](C)(O)CCCNC(=O)C(F)(F)C(F)(F)C(F)(F)C(F)(F)C(F)(F)C(F)(F)C(F)(F)C(F)(F)C(F)(F)C(F)(F)C(F)(F)C(F)(F)C(F)(F)F. The van der Waals surface area contributed by atoms with Gasteiger partial charge >= 0.3 is 77.2 Å². The largest absolute Gasteiger partial charge is 0.460 e. The van der Waals surface area contributed by atoms with Crippen molar-refractivity contribution in [3.63, 3.8) is 0 Å². The second kappa shape index (κ2) is 12.3. The minimum absolute atomic E-state index is 0.538. The predicted molar refractivity (Wildman–Crippen MR) is 102 cm³/mol. The molecule has 0 rings (SSSR count). The van der Waals surface area contributed by atoms with E-state index in [0.717, 1.165) is 14.1 Å². The van der Waals surface area contributed by atoms with Gasteiger partial charge in [-0.1, -0.05) is 0 Å². The van der Waals surface area contributed by atoms with Gasteiger partial charge in [-0.25, -0.2) is 5.21 Å². The number of carbonyl (C=O) groups is 1. The van der Waals surface area contributed by atoms with Crippen LogP contribution in [0, 0.1) is 0 Å².